The maximum atomic E-state index is 3.43. The molecular formula is C13H15NS2. The molecule has 1 heterocycles. The Morgan fingerprint density at radius 1 is 1.12 bits per heavy atom. The number of aryl methyl sites for hydroxylation is 1. The topological polar surface area (TPSA) is 12.0 Å². The normalized spacial score (nSPS) is 10.4. The van der Waals surface area contributed by atoms with Gasteiger partial charge in [-0.15, -0.1) is 23.1 Å². The first-order chi connectivity index (χ1) is 7.78. The van der Waals surface area contributed by atoms with Gasteiger partial charge < -0.3 is 5.32 Å². The summed E-state index contributed by atoms with van der Waals surface area (Å²) in [5.74, 6) is 0. The Balaban J connectivity index is 1.94. The van der Waals surface area contributed by atoms with E-state index < -0.39 is 0 Å². The van der Waals surface area contributed by atoms with Crippen molar-refractivity contribution in [2.45, 2.75) is 18.4 Å². The van der Waals surface area contributed by atoms with E-state index in [1.165, 1.54) is 20.3 Å². The van der Waals surface area contributed by atoms with E-state index in [-0.39, 0.29) is 0 Å². The van der Waals surface area contributed by atoms with Crippen molar-refractivity contribution >= 4 is 28.8 Å². The fourth-order valence-electron chi connectivity index (χ4n) is 1.48. The second-order valence-electron chi connectivity index (χ2n) is 3.59. The van der Waals surface area contributed by atoms with Crippen molar-refractivity contribution in [1.29, 1.82) is 0 Å². The molecule has 0 fully saturated rings. The van der Waals surface area contributed by atoms with E-state index in [2.05, 4.69) is 54.9 Å². The first-order valence-electron chi connectivity index (χ1n) is 5.21. The van der Waals surface area contributed by atoms with Gasteiger partial charge >= 0.3 is 0 Å². The van der Waals surface area contributed by atoms with E-state index >= 15 is 0 Å². The molecule has 2 aromatic rings. The minimum Gasteiger partial charge on any atom is -0.380 e. The molecule has 2 rings (SSSR count). The highest BCUT2D eigenvalue weighted by Crippen LogP contribution is 2.19. The van der Waals surface area contributed by atoms with Crippen LogP contribution in [0, 0.1) is 6.92 Å². The number of thioether (sulfide) groups is 1. The molecule has 1 aromatic carbocycles. The summed E-state index contributed by atoms with van der Waals surface area (Å²) < 4.78 is 0. The van der Waals surface area contributed by atoms with Crippen LogP contribution in [-0.2, 0) is 6.54 Å². The summed E-state index contributed by atoms with van der Waals surface area (Å²) in [6, 6.07) is 12.9. The number of benzene rings is 1. The van der Waals surface area contributed by atoms with Gasteiger partial charge in [0, 0.05) is 26.9 Å². The Hall–Kier alpha value is -0.930. The summed E-state index contributed by atoms with van der Waals surface area (Å²) in [6.45, 7) is 3.05. The van der Waals surface area contributed by atoms with E-state index in [1.54, 1.807) is 11.8 Å². The molecule has 0 bridgehead atoms. The highest BCUT2D eigenvalue weighted by molar-refractivity contribution is 7.98. The maximum absolute atomic E-state index is 3.43. The molecule has 0 unspecified atom stereocenters. The highest BCUT2D eigenvalue weighted by Gasteiger charge is 1.97. The smallest absolute Gasteiger partial charge is 0.0494 e. The minimum absolute atomic E-state index is 0.914. The molecular weight excluding hydrogens is 234 g/mol. The molecule has 1 nitrogen and oxygen atoms in total. The zero-order valence-corrected chi connectivity index (χ0v) is 11.1. The molecule has 1 N–H and O–H groups in total. The third-order valence-electron chi connectivity index (χ3n) is 2.35. The van der Waals surface area contributed by atoms with E-state index in [1.807, 2.05) is 11.3 Å². The van der Waals surface area contributed by atoms with Crippen molar-refractivity contribution in [2.75, 3.05) is 11.6 Å². The fourth-order valence-corrected chi connectivity index (χ4v) is 2.72. The van der Waals surface area contributed by atoms with Gasteiger partial charge in [-0.25, -0.2) is 0 Å². The van der Waals surface area contributed by atoms with Gasteiger partial charge in [0.1, 0.15) is 0 Å². The molecule has 0 radical (unpaired) electrons. The van der Waals surface area contributed by atoms with Crippen molar-refractivity contribution < 1.29 is 0 Å². The summed E-state index contributed by atoms with van der Waals surface area (Å²) in [5, 5.41) is 3.43. The molecule has 0 saturated heterocycles. The molecule has 0 aliphatic rings. The zero-order chi connectivity index (χ0) is 11.4. The molecule has 0 amide bonds. The molecule has 84 valence electrons. The standard InChI is InChI=1S/C13H15NS2/c1-10-3-6-13(16-10)9-14-11-4-7-12(15-2)8-5-11/h3-8,14H,9H2,1-2H3. The number of hydrogen-bond acceptors (Lipinski definition) is 3. The van der Waals surface area contributed by atoms with Gasteiger partial charge in [0.05, 0.1) is 0 Å². The van der Waals surface area contributed by atoms with Crippen LogP contribution in [0.2, 0.25) is 0 Å². The summed E-state index contributed by atoms with van der Waals surface area (Å²) in [7, 11) is 0. The van der Waals surface area contributed by atoms with Crippen LogP contribution in [0.4, 0.5) is 5.69 Å². The van der Waals surface area contributed by atoms with E-state index in [0.29, 0.717) is 0 Å². The molecule has 0 atom stereocenters. The van der Waals surface area contributed by atoms with Crippen LogP contribution in [0.15, 0.2) is 41.3 Å². The van der Waals surface area contributed by atoms with Gasteiger partial charge in [-0.3, -0.25) is 0 Å². The summed E-state index contributed by atoms with van der Waals surface area (Å²) in [5.41, 5.74) is 1.18. The third kappa shape index (κ3) is 3.03. The number of anilines is 1. The third-order valence-corrected chi connectivity index (χ3v) is 4.10. The number of thiophene rings is 1. The van der Waals surface area contributed by atoms with Crippen molar-refractivity contribution in [3.63, 3.8) is 0 Å². The van der Waals surface area contributed by atoms with Gasteiger partial charge in [-0.2, -0.15) is 0 Å². The predicted molar refractivity (Wildman–Crippen MR) is 74.6 cm³/mol. The largest absolute Gasteiger partial charge is 0.380 e. The molecule has 0 aliphatic heterocycles. The fraction of sp³-hybridized carbons (Fsp3) is 0.231. The maximum Gasteiger partial charge on any atom is 0.0494 e. The van der Waals surface area contributed by atoms with Crippen molar-refractivity contribution in [3.8, 4) is 0 Å². The molecule has 3 heteroatoms. The zero-order valence-electron chi connectivity index (χ0n) is 9.49. The quantitative estimate of drug-likeness (QED) is 0.806. The minimum atomic E-state index is 0.914. The Kier molecular flexibility index (Phi) is 3.91. The first-order valence-corrected chi connectivity index (χ1v) is 7.25. The monoisotopic (exact) mass is 249 g/mol. The average Bonchev–Trinajstić information content (AvgIpc) is 2.73. The van der Waals surface area contributed by atoms with Gasteiger partial charge in [-0.1, -0.05) is 0 Å². The number of nitrogens with one attached hydrogen (secondary N) is 1. The van der Waals surface area contributed by atoms with E-state index in [4.69, 9.17) is 0 Å². The van der Waals surface area contributed by atoms with Gasteiger partial charge in [0.25, 0.3) is 0 Å². The number of rotatable bonds is 4. The van der Waals surface area contributed by atoms with Gasteiger partial charge in [0.2, 0.25) is 0 Å². The van der Waals surface area contributed by atoms with Crippen LogP contribution < -0.4 is 5.32 Å². The van der Waals surface area contributed by atoms with Crippen molar-refractivity contribution in [1.82, 2.24) is 0 Å². The van der Waals surface area contributed by atoms with E-state index in [9.17, 15) is 0 Å². The Morgan fingerprint density at radius 2 is 1.88 bits per heavy atom. The first kappa shape index (κ1) is 11.6. The average molecular weight is 249 g/mol. The molecule has 0 spiro atoms. The lowest BCUT2D eigenvalue weighted by Crippen LogP contribution is -1.96. The summed E-state index contributed by atoms with van der Waals surface area (Å²) in [6.07, 6.45) is 2.09. The van der Waals surface area contributed by atoms with Crippen LogP contribution in [0.25, 0.3) is 0 Å². The Morgan fingerprint density at radius 3 is 2.44 bits per heavy atom. The van der Waals surface area contributed by atoms with Gasteiger partial charge in [-0.05, 0) is 49.6 Å². The van der Waals surface area contributed by atoms with Crippen molar-refractivity contribution in [2.24, 2.45) is 0 Å². The second kappa shape index (κ2) is 5.41. The molecule has 0 saturated carbocycles. The van der Waals surface area contributed by atoms with E-state index in [0.717, 1.165) is 6.54 Å². The SMILES string of the molecule is CSc1ccc(NCc2ccc(C)s2)cc1. The van der Waals surface area contributed by atoms with Crippen LogP contribution in [0.5, 0.6) is 0 Å². The van der Waals surface area contributed by atoms with Gasteiger partial charge in [0.15, 0.2) is 0 Å². The molecule has 16 heavy (non-hydrogen) atoms. The number of hydrogen-bond donors (Lipinski definition) is 1. The predicted octanol–water partition coefficient (Wildman–Crippen LogP) is 4.39. The molecule has 0 aliphatic carbocycles. The summed E-state index contributed by atoms with van der Waals surface area (Å²) >= 11 is 3.62. The second-order valence-corrected chi connectivity index (χ2v) is 5.85. The summed E-state index contributed by atoms with van der Waals surface area (Å²) in [4.78, 5) is 4.05. The lowest BCUT2D eigenvalue weighted by molar-refractivity contribution is 1.19. The van der Waals surface area contributed by atoms with Crippen LogP contribution in [-0.4, -0.2) is 6.26 Å². The lowest BCUT2D eigenvalue weighted by Gasteiger charge is -2.05. The Labute approximate surface area is 105 Å². The van der Waals surface area contributed by atoms with Crippen molar-refractivity contribution in [3.05, 3.63) is 46.2 Å². The van der Waals surface area contributed by atoms with Crippen LogP contribution >= 0.6 is 23.1 Å². The van der Waals surface area contributed by atoms with Crippen LogP contribution in [0.1, 0.15) is 9.75 Å². The Bertz CT molecular complexity index is 445. The lowest BCUT2D eigenvalue weighted by atomic mass is 10.3. The highest BCUT2D eigenvalue weighted by atomic mass is 32.2. The van der Waals surface area contributed by atoms with Crippen LogP contribution in [0.3, 0.4) is 0 Å². The molecule has 1 aromatic heterocycles.